The van der Waals surface area contributed by atoms with Crippen molar-refractivity contribution in [1.82, 2.24) is 0 Å². The molecule has 0 bridgehead atoms. The highest BCUT2D eigenvalue weighted by Crippen LogP contribution is 2.30. The number of furan rings is 1. The van der Waals surface area contributed by atoms with Crippen molar-refractivity contribution in [3.05, 3.63) is 69.9 Å². The summed E-state index contributed by atoms with van der Waals surface area (Å²) >= 11 is 6.14. The lowest BCUT2D eigenvalue weighted by Gasteiger charge is -2.10. The molecule has 1 unspecified atom stereocenters. The molecule has 0 radical (unpaired) electrons. The van der Waals surface area contributed by atoms with Crippen LogP contribution in [0.5, 0.6) is 0 Å². The van der Waals surface area contributed by atoms with Crippen molar-refractivity contribution in [2.24, 2.45) is 5.73 Å². The van der Waals surface area contributed by atoms with E-state index >= 15 is 0 Å². The van der Waals surface area contributed by atoms with Crippen molar-refractivity contribution >= 4 is 22.6 Å². The number of fused-ring (bicyclic) bond motifs is 1. The predicted octanol–water partition coefficient (Wildman–Crippen LogP) is 4.95. The zero-order valence-corrected chi connectivity index (χ0v) is 12.9. The van der Waals surface area contributed by atoms with E-state index in [-0.39, 0.29) is 6.04 Å². The van der Waals surface area contributed by atoms with Crippen LogP contribution in [0.2, 0.25) is 5.02 Å². The summed E-state index contributed by atoms with van der Waals surface area (Å²) in [4.78, 5) is 0. The quantitative estimate of drug-likeness (QED) is 0.743. The summed E-state index contributed by atoms with van der Waals surface area (Å²) in [7, 11) is 0. The molecule has 3 aromatic rings. The molecule has 2 aromatic carbocycles. The molecule has 0 aliphatic heterocycles. The first-order valence-corrected chi connectivity index (χ1v) is 7.41. The van der Waals surface area contributed by atoms with Gasteiger partial charge < -0.3 is 10.2 Å². The van der Waals surface area contributed by atoms with Gasteiger partial charge in [-0.1, -0.05) is 53.1 Å². The largest absolute Gasteiger partial charge is 0.458 e. The Morgan fingerprint density at radius 3 is 2.48 bits per heavy atom. The summed E-state index contributed by atoms with van der Waals surface area (Å²) in [5.41, 5.74) is 10.8. The fourth-order valence-electron chi connectivity index (χ4n) is 2.77. The number of benzene rings is 2. The molecule has 0 aliphatic carbocycles. The number of hydrogen-bond acceptors (Lipinski definition) is 2. The summed E-state index contributed by atoms with van der Waals surface area (Å²) in [5, 5.41) is 1.62. The highest BCUT2D eigenvalue weighted by atomic mass is 35.5. The Bertz CT molecular complexity index is 771. The van der Waals surface area contributed by atoms with E-state index < -0.39 is 0 Å². The third-order valence-electron chi connectivity index (χ3n) is 3.62. The molecule has 1 heterocycles. The van der Waals surface area contributed by atoms with Gasteiger partial charge in [0.1, 0.15) is 5.76 Å². The first-order valence-electron chi connectivity index (χ1n) is 7.03. The van der Waals surface area contributed by atoms with Crippen molar-refractivity contribution in [1.29, 1.82) is 0 Å². The molecule has 1 aromatic heterocycles. The Morgan fingerprint density at radius 2 is 1.81 bits per heavy atom. The molecule has 3 heteroatoms. The second kappa shape index (κ2) is 5.55. The maximum atomic E-state index is 6.30. The highest BCUT2D eigenvalue weighted by Gasteiger charge is 2.14. The van der Waals surface area contributed by atoms with E-state index in [4.69, 9.17) is 21.8 Å². The van der Waals surface area contributed by atoms with Crippen LogP contribution >= 0.6 is 11.6 Å². The van der Waals surface area contributed by atoms with E-state index in [1.807, 2.05) is 24.3 Å². The van der Waals surface area contributed by atoms with Crippen molar-refractivity contribution in [3.8, 4) is 0 Å². The van der Waals surface area contributed by atoms with E-state index in [9.17, 15) is 0 Å². The minimum absolute atomic E-state index is 0.172. The van der Waals surface area contributed by atoms with E-state index in [0.29, 0.717) is 10.6 Å². The maximum absolute atomic E-state index is 6.30. The fourth-order valence-corrected chi connectivity index (χ4v) is 2.99. The zero-order chi connectivity index (χ0) is 15.0. The van der Waals surface area contributed by atoms with Crippen LogP contribution in [0.3, 0.4) is 0 Å². The van der Waals surface area contributed by atoms with Crippen LogP contribution in [0.1, 0.15) is 28.5 Å². The molecule has 0 fully saturated rings. The summed E-state index contributed by atoms with van der Waals surface area (Å²) in [5.74, 6) is 0.775. The zero-order valence-electron chi connectivity index (χ0n) is 12.2. The van der Waals surface area contributed by atoms with Crippen LogP contribution < -0.4 is 5.73 Å². The van der Waals surface area contributed by atoms with Gasteiger partial charge in [0.05, 0.1) is 11.1 Å². The summed E-state index contributed by atoms with van der Waals surface area (Å²) in [6.45, 7) is 4.20. The molecular weight excluding hydrogens is 282 g/mol. The van der Waals surface area contributed by atoms with Crippen molar-refractivity contribution < 1.29 is 4.42 Å². The van der Waals surface area contributed by atoms with Crippen LogP contribution in [-0.4, -0.2) is 0 Å². The van der Waals surface area contributed by atoms with Gasteiger partial charge in [0.25, 0.3) is 0 Å². The summed E-state index contributed by atoms with van der Waals surface area (Å²) in [6, 6.07) is 14.0. The number of aryl methyl sites for hydroxylation is 2. The van der Waals surface area contributed by atoms with Gasteiger partial charge in [-0.3, -0.25) is 0 Å². The molecule has 2 N–H and O–H groups in total. The Kier molecular flexibility index (Phi) is 3.75. The number of nitrogens with two attached hydrogens (primary N) is 1. The number of hydrogen-bond donors (Lipinski definition) is 1. The van der Waals surface area contributed by atoms with Gasteiger partial charge in [0.15, 0.2) is 5.58 Å². The van der Waals surface area contributed by atoms with Crippen molar-refractivity contribution in [3.63, 3.8) is 0 Å². The molecule has 3 rings (SSSR count). The predicted molar refractivity (Wildman–Crippen MR) is 87.8 cm³/mol. The summed E-state index contributed by atoms with van der Waals surface area (Å²) in [6.07, 6.45) is 0.750. The van der Waals surface area contributed by atoms with Gasteiger partial charge in [-0.2, -0.15) is 0 Å². The molecule has 0 saturated carbocycles. The highest BCUT2D eigenvalue weighted by molar-refractivity contribution is 6.34. The molecule has 0 aliphatic rings. The monoisotopic (exact) mass is 299 g/mol. The molecular formula is C18H18ClNO. The van der Waals surface area contributed by atoms with Gasteiger partial charge in [-0.25, -0.2) is 0 Å². The van der Waals surface area contributed by atoms with Gasteiger partial charge in [0.2, 0.25) is 0 Å². The minimum atomic E-state index is -0.172. The normalized spacial score (nSPS) is 12.8. The lowest BCUT2D eigenvalue weighted by Crippen LogP contribution is -2.12. The van der Waals surface area contributed by atoms with Gasteiger partial charge in [-0.15, -0.1) is 0 Å². The first-order chi connectivity index (χ1) is 10.0. The second-order valence-corrected chi connectivity index (χ2v) is 6.02. The Labute approximate surface area is 129 Å². The number of para-hydroxylation sites is 1. The molecule has 0 spiro atoms. The Balaban J connectivity index is 1.89. The first kappa shape index (κ1) is 14.2. The van der Waals surface area contributed by atoms with E-state index in [1.54, 1.807) is 0 Å². The minimum Gasteiger partial charge on any atom is -0.458 e. The second-order valence-electron chi connectivity index (χ2n) is 5.61. The fraction of sp³-hybridized carbons (Fsp3) is 0.222. The Hall–Kier alpha value is -1.77. The average Bonchev–Trinajstić information content (AvgIpc) is 2.83. The number of halogens is 1. The van der Waals surface area contributed by atoms with Crippen LogP contribution in [0.4, 0.5) is 0 Å². The van der Waals surface area contributed by atoms with Crippen LogP contribution in [-0.2, 0) is 6.42 Å². The van der Waals surface area contributed by atoms with E-state index in [0.717, 1.165) is 17.6 Å². The maximum Gasteiger partial charge on any atom is 0.152 e. The third kappa shape index (κ3) is 2.97. The molecule has 21 heavy (non-hydrogen) atoms. The molecule has 0 saturated heterocycles. The van der Waals surface area contributed by atoms with Crippen molar-refractivity contribution in [2.75, 3.05) is 0 Å². The smallest absolute Gasteiger partial charge is 0.152 e. The average molecular weight is 300 g/mol. The van der Waals surface area contributed by atoms with Crippen LogP contribution in [0.25, 0.3) is 11.0 Å². The van der Waals surface area contributed by atoms with E-state index in [1.165, 1.54) is 16.7 Å². The van der Waals surface area contributed by atoms with Gasteiger partial charge in [-0.05, 0) is 38.0 Å². The molecule has 1 atom stereocenters. The Morgan fingerprint density at radius 1 is 1.10 bits per heavy atom. The molecule has 2 nitrogen and oxygen atoms in total. The summed E-state index contributed by atoms with van der Waals surface area (Å²) < 4.78 is 5.84. The third-order valence-corrected chi connectivity index (χ3v) is 3.92. The van der Waals surface area contributed by atoms with Gasteiger partial charge in [0, 0.05) is 5.39 Å². The van der Waals surface area contributed by atoms with Crippen LogP contribution in [0.15, 0.2) is 46.9 Å². The standard InChI is InChI=1S/C18H18ClNO/c1-11-6-12(2)8-13(7-11)9-16(20)17-10-14-4-3-5-15(19)18(14)21-17/h3-8,10,16H,9,20H2,1-2H3. The lowest BCUT2D eigenvalue weighted by atomic mass is 10.0. The van der Waals surface area contributed by atoms with Gasteiger partial charge >= 0.3 is 0 Å². The SMILES string of the molecule is Cc1cc(C)cc(CC(N)c2cc3cccc(Cl)c3o2)c1. The molecule has 0 amide bonds. The van der Waals surface area contributed by atoms with Crippen molar-refractivity contribution in [2.45, 2.75) is 26.3 Å². The molecule has 108 valence electrons. The lowest BCUT2D eigenvalue weighted by molar-refractivity contribution is 0.494. The van der Waals surface area contributed by atoms with E-state index in [2.05, 4.69) is 32.0 Å². The topological polar surface area (TPSA) is 39.2 Å². The van der Waals surface area contributed by atoms with Crippen LogP contribution in [0, 0.1) is 13.8 Å². The number of rotatable bonds is 3.